The van der Waals surface area contributed by atoms with Crippen molar-refractivity contribution >= 4 is 27.2 Å². The first-order chi connectivity index (χ1) is 16.1. The summed E-state index contributed by atoms with van der Waals surface area (Å²) in [6.07, 6.45) is 3.37. The van der Waals surface area contributed by atoms with Crippen LogP contribution in [0.3, 0.4) is 0 Å². The molecule has 0 unspecified atom stereocenters. The van der Waals surface area contributed by atoms with Gasteiger partial charge in [0, 0.05) is 56.8 Å². The van der Waals surface area contributed by atoms with Crippen molar-refractivity contribution < 1.29 is 18.3 Å². The van der Waals surface area contributed by atoms with E-state index in [9.17, 15) is 28.6 Å². The van der Waals surface area contributed by atoms with Crippen molar-refractivity contribution in [3.05, 3.63) is 68.3 Å². The smallest absolute Gasteiger partial charge is 0.280 e. The molecule has 2 aromatic heterocycles. The summed E-state index contributed by atoms with van der Waals surface area (Å²) in [6.45, 7) is 3.69. The van der Waals surface area contributed by atoms with Gasteiger partial charge in [0.2, 0.25) is 10.0 Å². The maximum Gasteiger partial charge on any atom is 0.280 e. The van der Waals surface area contributed by atoms with Crippen LogP contribution in [-0.4, -0.2) is 68.5 Å². The van der Waals surface area contributed by atoms with Crippen LogP contribution in [0.25, 0.3) is 5.82 Å². The van der Waals surface area contributed by atoms with E-state index in [4.69, 9.17) is 0 Å². The van der Waals surface area contributed by atoms with Crippen LogP contribution >= 0.6 is 0 Å². The molecule has 0 spiro atoms. The van der Waals surface area contributed by atoms with E-state index in [0.29, 0.717) is 30.5 Å². The van der Waals surface area contributed by atoms with E-state index >= 15 is 0 Å². The second-order valence-electron chi connectivity index (χ2n) is 7.57. The lowest BCUT2D eigenvalue weighted by atomic mass is 10.1. The summed E-state index contributed by atoms with van der Waals surface area (Å²) in [5, 5.41) is 26.8. The van der Waals surface area contributed by atoms with Crippen molar-refractivity contribution in [1.29, 1.82) is 0 Å². The van der Waals surface area contributed by atoms with E-state index in [1.807, 2.05) is 4.90 Å². The number of sulfonamides is 1. The average Bonchev–Trinajstić information content (AvgIpc) is 3.33. The summed E-state index contributed by atoms with van der Waals surface area (Å²) in [6, 6.07) is 5.25. The maximum absolute atomic E-state index is 13.2. The average molecular weight is 488 g/mol. The number of piperazine rings is 1. The van der Waals surface area contributed by atoms with Crippen LogP contribution < -0.4 is 4.90 Å². The fraction of sp³-hybridized carbons (Fsp3) is 0.316. The van der Waals surface area contributed by atoms with E-state index < -0.39 is 36.1 Å². The van der Waals surface area contributed by atoms with Gasteiger partial charge >= 0.3 is 0 Å². The van der Waals surface area contributed by atoms with Crippen LogP contribution in [0, 0.1) is 34.1 Å². The lowest BCUT2D eigenvalue weighted by Crippen LogP contribution is -2.49. The highest BCUT2D eigenvalue weighted by Crippen LogP contribution is 2.33. The van der Waals surface area contributed by atoms with Crippen molar-refractivity contribution in [2.24, 2.45) is 0 Å². The number of rotatable bonds is 6. The molecular weight excluding hydrogens is 468 g/mol. The summed E-state index contributed by atoms with van der Waals surface area (Å²) >= 11 is 0. The topological polar surface area (TPSA) is 170 Å². The van der Waals surface area contributed by atoms with E-state index in [-0.39, 0.29) is 18.7 Å². The Hall–Kier alpha value is -3.98. The zero-order valence-corrected chi connectivity index (χ0v) is 19.0. The second-order valence-corrected chi connectivity index (χ2v) is 9.51. The molecule has 1 aromatic carbocycles. The van der Waals surface area contributed by atoms with Crippen molar-refractivity contribution in [2.45, 2.75) is 18.7 Å². The molecule has 1 saturated heterocycles. The fourth-order valence-electron chi connectivity index (χ4n) is 3.71. The molecule has 178 valence electrons. The third kappa shape index (κ3) is 4.29. The summed E-state index contributed by atoms with van der Waals surface area (Å²) in [4.78, 5) is 31.3. The molecular formula is C19H20N8O6S. The lowest BCUT2D eigenvalue weighted by molar-refractivity contribution is -0.395. The Labute approximate surface area is 193 Å². The number of hydrogen-bond donors (Lipinski definition) is 0. The van der Waals surface area contributed by atoms with Gasteiger partial charge in [0.1, 0.15) is 17.2 Å². The number of anilines is 1. The molecule has 0 amide bonds. The number of nitro benzene ring substituents is 2. The SMILES string of the molecule is Cc1nc(N2CCN(S(=O)(=O)c3cc([N+](=O)[O-])c(C)c([N+](=O)[O-])c3)CC2)cc(-n2cccn2)n1. The highest BCUT2D eigenvalue weighted by atomic mass is 32.2. The highest BCUT2D eigenvalue weighted by Gasteiger charge is 2.33. The zero-order valence-electron chi connectivity index (χ0n) is 18.2. The molecule has 1 aliphatic heterocycles. The van der Waals surface area contributed by atoms with Crippen LogP contribution in [0.4, 0.5) is 17.2 Å². The molecule has 15 heteroatoms. The number of hydrogen-bond acceptors (Lipinski definition) is 10. The third-order valence-corrected chi connectivity index (χ3v) is 7.35. The van der Waals surface area contributed by atoms with Gasteiger partial charge in [-0.05, 0) is 19.9 Å². The molecule has 0 radical (unpaired) electrons. The maximum atomic E-state index is 13.2. The highest BCUT2D eigenvalue weighted by molar-refractivity contribution is 7.89. The van der Waals surface area contributed by atoms with Gasteiger partial charge in [-0.1, -0.05) is 0 Å². The second kappa shape index (κ2) is 8.75. The Morgan fingerprint density at radius 1 is 0.912 bits per heavy atom. The van der Waals surface area contributed by atoms with Gasteiger partial charge < -0.3 is 4.90 Å². The zero-order chi connectivity index (χ0) is 24.6. The van der Waals surface area contributed by atoms with Crippen LogP contribution in [0.15, 0.2) is 41.6 Å². The summed E-state index contributed by atoms with van der Waals surface area (Å²) in [7, 11) is -4.20. The van der Waals surface area contributed by atoms with Gasteiger partial charge in [0.25, 0.3) is 11.4 Å². The van der Waals surface area contributed by atoms with Gasteiger partial charge in [-0.25, -0.2) is 23.1 Å². The predicted octanol–water partition coefficient (Wildman–Crippen LogP) is 1.61. The molecule has 3 aromatic rings. The molecule has 34 heavy (non-hydrogen) atoms. The van der Waals surface area contributed by atoms with Crippen molar-refractivity contribution in [1.82, 2.24) is 24.1 Å². The van der Waals surface area contributed by atoms with E-state index in [1.165, 1.54) is 6.92 Å². The minimum atomic E-state index is -4.20. The Morgan fingerprint density at radius 3 is 2.03 bits per heavy atom. The number of benzene rings is 1. The first-order valence-corrected chi connectivity index (χ1v) is 11.6. The van der Waals surface area contributed by atoms with E-state index in [0.717, 1.165) is 16.4 Å². The molecule has 0 bridgehead atoms. The molecule has 1 fully saturated rings. The normalized spacial score (nSPS) is 14.8. The Kier molecular flexibility index (Phi) is 5.97. The first kappa shape index (κ1) is 23.2. The first-order valence-electron chi connectivity index (χ1n) is 10.1. The largest absolute Gasteiger partial charge is 0.354 e. The van der Waals surface area contributed by atoms with Crippen molar-refractivity contribution in [3.63, 3.8) is 0 Å². The third-order valence-electron chi connectivity index (χ3n) is 5.47. The monoisotopic (exact) mass is 488 g/mol. The quantitative estimate of drug-likeness (QED) is 0.367. The van der Waals surface area contributed by atoms with Gasteiger partial charge in [-0.15, -0.1) is 0 Å². The molecule has 0 saturated carbocycles. The van der Waals surface area contributed by atoms with Gasteiger partial charge in [0.15, 0.2) is 5.82 Å². The van der Waals surface area contributed by atoms with Gasteiger partial charge in [-0.2, -0.15) is 9.40 Å². The number of nitro groups is 2. The predicted molar refractivity (Wildman–Crippen MR) is 119 cm³/mol. The van der Waals surface area contributed by atoms with Crippen molar-refractivity contribution in [2.75, 3.05) is 31.1 Å². The molecule has 14 nitrogen and oxygen atoms in total. The molecule has 4 rings (SSSR count). The number of aryl methyl sites for hydroxylation is 1. The summed E-state index contributed by atoms with van der Waals surface area (Å²) < 4.78 is 29.1. The van der Waals surface area contributed by atoms with Crippen LogP contribution in [0.1, 0.15) is 11.4 Å². The summed E-state index contributed by atoms with van der Waals surface area (Å²) in [5.41, 5.74) is -1.44. The minimum Gasteiger partial charge on any atom is -0.354 e. The molecule has 0 aliphatic carbocycles. The van der Waals surface area contributed by atoms with Crippen molar-refractivity contribution in [3.8, 4) is 5.82 Å². The Balaban J connectivity index is 1.58. The van der Waals surface area contributed by atoms with Crippen LogP contribution in [-0.2, 0) is 10.0 Å². The fourth-order valence-corrected chi connectivity index (χ4v) is 5.18. The summed E-state index contributed by atoms with van der Waals surface area (Å²) in [5.74, 6) is 1.70. The van der Waals surface area contributed by atoms with Gasteiger partial charge in [-0.3, -0.25) is 20.2 Å². The minimum absolute atomic E-state index is 0.0674. The van der Waals surface area contributed by atoms with Crippen LogP contribution in [0.2, 0.25) is 0 Å². The standard InChI is InChI=1S/C19H20N8O6S/c1-13-16(26(28)29)10-15(11-17(13)27(30)31)34(32,33)24-8-6-23(7-9-24)18-12-19(22-14(2)21-18)25-5-3-4-20-25/h3-5,10-12H,6-9H2,1-2H3. The van der Waals surface area contributed by atoms with Gasteiger partial charge in [0.05, 0.1) is 14.7 Å². The Bertz CT molecular complexity index is 1330. The lowest BCUT2D eigenvalue weighted by Gasteiger charge is -2.34. The van der Waals surface area contributed by atoms with E-state index in [2.05, 4.69) is 15.1 Å². The molecule has 1 aliphatic rings. The Morgan fingerprint density at radius 2 is 1.50 bits per heavy atom. The van der Waals surface area contributed by atoms with E-state index in [1.54, 1.807) is 36.1 Å². The molecule has 0 atom stereocenters. The van der Waals surface area contributed by atoms with Crippen LogP contribution in [0.5, 0.6) is 0 Å². The molecule has 0 N–H and O–H groups in total. The molecule has 3 heterocycles. The number of nitrogens with zero attached hydrogens (tertiary/aromatic N) is 8. The number of aromatic nitrogens is 4.